The van der Waals surface area contributed by atoms with Crippen LogP contribution in [0, 0.1) is 9.81 Å². The lowest BCUT2D eigenvalue weighted by Crippen LogP contribution is -2.43. The molecule has 0 rings (SSSR count). The monoisotopic (exact) mass is 161 g/mol. The largest absolute Gasteiger partial charge is 0.389 e. The van der Waals surface area contributed by atoms with Gasteiger partial charge in [-0.1, -0.05) is 10.4 Å². The predicted octanol–water partition coefficient (Wildman–Crippen LogP) is -0.404. The molecular weight excluding hydrogens is 150 g/mol. The Morgan fingerprint density at radius 3 is 2.45 bits per heavy atom. The van der Waals surface area contributed by atoms with Crippen molar-refractivity contribution in [1.82, 2.24) is 0 Å². The fourth-order valence-electron chi connectivity index (χ4n) is 0.590. The van der Waals surface area contributed by atoms with E-state index < -0.39 is 18.2 Å². The number of rotatable bonds is 5. The lowest BCUT2D eigenvalue weighted by atomic mass is 10.1. The van der Waals surface area contributed by atoms with Gasteiger partial charge in [0.2, 0.25) is 0 Å². The number of hydrogen-bond acceptors (Lipinski definition) is 6. The zero-order valence-electron chi connectivity index (χ0n) is 6.17. The van der Waals surface area contributed by atoms with Gasteiger partial charge in [-0.2, -0.15) is 9.81 Å². The van der Waals surface area contributed by atoms with Crippen molar-refractivity contribution < 1.29 is 5.11 Å². The van der Waals surface area contributed by atoms with Gasteiger partial charge < -0.3 is 10.8 Å². The maximum absolute atomic E-state index is 9.91. The van der Waals surface area contributed by atoms with Gasteiger partial charge in [-0.25, -0.2) is 0 Å². The summed E-state index contributed by atoms with van der Waals surface area (Å²) in [4.78, 5) is 19.6. The Labute approximate surface area is 63.7 Å². The van der Waals surface area contributed by atoms with E-state index in [1.807, 2.05) is 0 Å². The molecule has 3 N–H and O–H groups in total. The molecule has 0 radical (unpaired) electrons. The zero-order valence-corrected chi connectivity index (χ0v) is 6.17. The summed E-state index contributed by atoms with van der Waals surface area (Å²) in [7, 11) is 0. The van der Waals surface area contributed by atoms with Crippen molar-refractivity contribution in [2.75, 3.05) is 6.54 Å². The molecule has 0 aromatic heterocycles. The number of nitrogens with zero attached hydrogens (tertiary/aromatic N) is 2. The maximum Gasteiger partial charge on any atom is 0.109 e. The van der Waals surface area contributed by atoms with Crippen molar-refractivity contribution >= 4 is 0 Å². The number of aliphatic hydroxyl groups is 1. The average Bonchev–Trinajstić information content (AvgIpc) is 2.02. The summed E-state index contributed by atoms with van der Waals surface area (Å²) >= 11 is 0. The molecule has 0 fully saturated rings. The molecule has 0 saturated carbocycles. The summed E-state index contributed by atoms with van der Waals surface area (Å²) in [6, 6.07) is -1.52. The predicted molar refractivity (Wildman–Crippen MR) is 39.9 cm³/mol. The molecule has 0 aliphatic heterocycles. The number of nitroso groups, excluding NO2 is 2. The van der Waals surface area contributed by atoms with Crippen LogP contribution in [0.4, 0.5) is 0 Å². The van der Waals surface area contributed by atoms with E-state index in [4.69, 9.17) is 10.8 Å². The van der Waals surface area contributed by atoms with Crippen molar-refractivity contribution in [1.29, 1.82) is 0 Å². The second kappa shape index (κ2) is 4.86. The molecule has 0 aliphatic rings. The van der Waals surface area contributed by atoms with Crippen LogP contribution in [0.3, 0.4) is 0 Å². The minimum absolute atomic E-state index is 0.305. The highest BCUT2D eigenvalue weighted by atomic mass is 16.3. The molecule has 64 valence electrons. The molecule has 6 heteroatoms. The minimum Gasteiger partial charge on any atom is -0.389 e. The maximum atomic E-state index is 9.91. The summed E-state index contributed by atoms with van der Waals surface area (Å²) in [6.45, 7) is 1.16. The summed E-state index contributed by atoms with van der Waals surface area (Å²) in [5.74, 6) is 0. The van der Waals surface area contributed by atoms with Crippen LogP contribution < -0.4 is 5.73 Å². The smallest absolute Gasteiger partial charge is 0.109 e. The van der Waals surface area contributed by atoms with Gasteiger partial charge >= 0.3 is 0 Å². The zero-order chi connectivity index (χ0) is 8.85. The van der Waals surface area contributed by atoms with Gasteiger partial charge in [-0.3, -0.25) is 0 Å². The number of aliphatic hydroxyl groups excluding tert-OH is 1. The number of nitrogens with two attached hydrogens (primary N) is 1. The third-order valence-corrected chi connectivity index (χ3v) is 1.43. The Hall–Kier alpha value is -0.880. The quantitative estimate of drug-likeness (QED) is 0.535. The van der Waals surface area contributed by atoms with Gasteiger partial charge in [0.25, 0.3) is 0 Å². The summed E-state index contributed by atoms with van der Waals surface area (Å²) in [5, 5.41) is 14.1. The SMILES string of the molecule is CC(N=O)C(N)C(O)CN=O. The average molecular weight is 161 g/mol. The van der Waals surface area contributed by atoms with Crippen LogP contribution in [0.1, 0.15) is 6.92 Å². The Balaban J connectivity index is 3.88. The van der Waals surface area contributed by atoms with Crippen LogP contribution >= 0.6 is 0 Å². The molecule has 3 unspecified atom stereocenters. The molecule has 11 heavy (non-hydrogen) atoms. The van der Waals surface area contributed by atoms with E-state index in [2.05, 4.69) is 10.4 Å². The Morgan fingerprint density at radius 2 is 2.09 bits per heavy atom. The summed E-state index contributed by atoms with van der Waals surface area (Å²) in [6.07, 6.45) is -1.08. The first-order chi connectivity index (χ1) is 5.13. The van der Waals surface area contributed by atoms with Crippen molar-refractivity contribution in [3.05, 3.63) is 9.81 Å². The minimum atomic E-state index is -1.08. The van der Waals surface area contributed by atoms with Crippen molar-refractivity contribution in [3.8, 4) is 0 Å². The highest BCUT2D eigenvalue weighted by molar-refractivity contribution is 4.82. The molecule has 0 spiro atoms. The van der Waals surface area contributed by atoms with Gasteiger partial charge in [0, 0.05) is 0 Å². The highest BCUT2D eigenvalue weighted by Gasteiger charge is 2.21. The van der Waals surface area contributed by atoms with E-state index in [1.54, 1.807) is 0 Å². The second-order valence-electron chi connectivity index (χ2n) is 2.30. The van der Waals surface area contributed by atoms with Gasteiger partial charge in [-0.05, 0) is 6.92 Å². The molecule has 0 bridgehead atoms. The third kappa shape index (κ3) is 3.15. The van der Waals surface area contributed by atoms with Crippen molar-refractivity contribution in [2.24, 2.45) is 16.1 Å². The van der Waals surface area contributed by atoms with Crippen LogP contribution in [-0.4, -0.2) is 29.8 Å². The van der Waals surface area contributed by atoms with Gasteiger partial charge in [0.15, 0.2) is 0 Å². The molecule has 0 aliphatic carbocycles. The fourth-order valence-corrected chi connectivity index (χ4v) is 0.590. The topological polar surface area (TPSA) is 105 Å². The van der Waals surface area contributed by atoms with Crippen molar-refractivity contribution in [2.45, 2.75) is 25.1 Å². The van der Waals surface area contributed by atoms with Gasteiger partial charge in [0.05, 0.1) is 12.1 Å². The molecular formula is C5H11N3O3. The van der Waals surface area contributed by atoms with E-state index in [0.717, 1.165) is 0 Å². The first kappa shape index (κ1) is 10.1. The summed E-state index contributed by atoms with van der Waals surface area (Å²) < 4.78 is 0. The first-order valence-electron chi connectivity index (χ1n) is 3.18. The number of hydrogen-bond donors (Lipinski definition) is 2. The molecule has 3 atom stereocenters. The summed E-state index contributed by atoms with van der Waals surface area (Å²) in [5.41, 5.74) is 5.31. The molecule has 0 aromatic carbocycles. The van der Waals surface area contributed by atoms with Gasteiger partial charge in [-0.15, -0.1) is 0 Å². The normalized spacial score (nSPS) is 18.5. The highest BCUT2D eigenvalue weighted by Crippen LogP contribution is 2.00. The van der Waals surface area contributed by atoms with Crippen molar-refractivity contribution in [3.63, 3.8) is 0 Å². The van der Waals surface area contributed by atoms with Gasteiger partial charge in [0.1, 0.15) is 12.6 Å². The molecule has 6 nitrogen and oxygen atoms in total. The van der Waals surface area contributed by atoms with E-state index in [9.17, 15) is 9.81 Å². The lowest BCUT2D eigenvalue weighted by molar-refractivity contribution is 0.143. The Kier molecular flexibility index (Phi) is 4.47. The second-order valence-corrected chi connectivity index (χ2v) is 2.30. The first-order valence-corrected chi connectivity index (χ1v) is 3.18. The van der Waals surface area contributed by atoms with Crippen LogP contribution in [0.25, 0.3) is 0 Å². The molecule has 0 aromatic rings. The molecule has 0 amide bonds. The van der Waals surface area contributed by atoms with Crippen LogP contribution in [0.15, 0.2) is 10.4 Å². The Morgan fingerprint density at radius 1 is 1.55 bits per heavy atom. The van der Waals surface area contributed by atoms with Crippen LogP contribution in [0.2, 0.25) is 0 Å². The molecule has 0 heterocycles. The third-order valence-electron chi connectivity index (χ3n) is 1.43. The van der Waals surface area contributed by atoms with E-state index >= 15 is 0 Å². The van der Waals surface area contributed by atoms with E-state index in [-0.39, 0.29) is 6.54 Å². The fraction of sp³-hybridized carbons (Fsp3) is 1.00. The Bertz CT molecular complexity index is 141. The van der Waals surface area contributed by atoms with E-state index in [1.165, 1.54) is 6.92 Å². The van der Waals surface area contributed by atoms with Crippen LogP contribution in [0.5, 0.6) is 0 Å². The van der Waals surface area contributed by atoms with E-state index in [0.29, 0.717) is 0 Å². The lowest BCUT2D eigenvalue weighted by Gasteiger charge is -2.17. The molecule has 0 saturated heterocycles. The standard InChI is InChI=1S/C5H11N3O3/c1-3(8-11)5(6)4(9)2-7-10/h3-5,9H,2,6H2,1H3. The van der Waals surface area contributed by atoms with Crippen LogP contribution in [-0.2, 0) is 0 Å².